The van der Waals surface area contributed by atoms with Crippen molar-refractivity contribution in [2.24, 2.45) is 0 Å². The number of hydrogen-bond acceptors (Lipinski definition) is 2. The summed E-state index contributed by atoms with van der Waals surface area (Å²) in [5.41, 5.74) is 0.982. The Hall–Kier alpha value is -1.78. The van der Waals surface area contributed by atoms with Gasteiger partial charge in [-0.2, -0.15) is 0 Å². The first kappa shape index (κ1) is 12.7. The molecule has 2 heterocycles. The predicted octanol–water partition coefficient (Wildman–Crippen LogP) is 1.51. The molecule has 0 atom stereocenters. The zero-order chi connectivity index (χ0) is 13.1. The van der Waals surface area contributed by atoms with E-state index in [2.05, 4.69) is 0 Å². The van der Waals surface area contributed by atoms with Crippen molar-refractivity contribution in [2.45, 2.75) is 32.7 Å². The zero-order valence-corrected chi connectivity index (χ0v) is 10.6. The normalized spacial score (nSPS) is 15.7. The molecule has 0 aromatic carbocycles. The van der Waals surface area contributed by atoms with Crippen LogP contribution < -0.4 is 0 Å². The molecule has 0 unspecified atom stereocenters. The van der Waals surface area contributed by atoms with Crippen LogP contribution in [0.15, 0.2) is 12.1 Å². The van der Waals surface area contributed by atoms with E-state index in [4.69, 9.17) is 5.11 Å². The van der Waals surface area contributed by atoms with Crippen LogP contribution >= 0.6 is 0 Å². The summed E-state index contributed by atoms with van der Waals surface area (Å²) in [4.78, 5) is 25.0. The van der Waals surface area contributed by atoms with E-state index >= 15 is 0 Å². The summed E-state index contributed by atoms with van der Waals surface area (Å²) in [6, 6.07) is 3.27. The van der Waals surface area contributed by atoms with E-state index in [-0.39, 0.29) is 18.1 Å². The smallest absolute Gasteiger partial charge is 0.352 e. The molecule has 0 spiro atoms. The van der Waals surface area contributed by atoms with Crippen LogP contribution in [0.3, 0.4) is 0 Å². The highest BCUT2D eigenvalue weighted by Gasteiger charge is 2.20. The Morgan fingerprint density at radius 3 is 2.50 bits per heavy atom. The van der Waals surface area contributed by atoms with Crippen molar-refractivity contribution in [1.82, 2.24) is 9.47 Å². The van der Waals surface area contributed by atoms with Gasteiger partial charge in [0, 0.05) is 18.8 Å². The Bertz CT molecular complexity index is 459. The summed E-state index contributed by atoms with van der Waals surface area (Å²) in [7, 11) is 0. The molecule has 1 N–H and O–H groups in total. The predicted molar refractivity (Wildman–Crippen MR) is 66.6 cm³/mol. The van der Waals surface area contributed by atoms with Crippen LogP contribution in [0.4, 0.5) is 0 Å². The molecule has 0 bridgehead atoms. The van der Waals surface area contributed by atoms with Gasteiger partial charge < -0.3 is 14.6 Å². The Morgan fingerprint density at radius 1 is 1.22 bits per heavy atom. The van der Waals surface area contributed by atoms with Crippen molar-refractivity contribution < 1.29 is 14.7 Å². The van der Waals surface area contributed by atoms with Gasteiger partial charge in [-0.3, -0.25) is 4.79 Å². The molecule has 0 radical (unpaired) electrons. The molecule has 5 nitrogen and oxygen atoms in total. The topological polar surface area (TPSA) is 62.5 Å². The quantitative estimate of drug-likeness (QED) is 0.884. The number of rotatable bonds is 3. The summed E-state index contributed by atoms with van der Waals surface area (Å²) in [5, 5.41) is 9.06. The van der Waals surface area contributed by atoms with Crippen molar-refractivity contribution in [3.63, 3.8) is 0 Å². The van der Waals surface area contributed by atoms with Crippen LogP contribution in [0.25, 0.3) is 0 Å². The summed E-state index contributed by atoms with van der Waals surface area (Å²) < 4.78 is 1.57. The lowest BCUT2D eigenvalue weighted by molar-refractivity contribution is -0.132. The second kappa shape index (κ2) is 5.25. The minimum atomic E-state index is -0.991. The molecule has 1 aliphatic rings. The number of amides is 1. The fourth-order valence-corrected chi connectivity index (χ4v) is 2.34. The van der Waals surface area contributed by atoms with Crippen LogP contribution in [0.2, 0.25) is 0 Å². The largest absolute Gasteiger partial charge is 0.477 e. The second-order valence-corrected chi connectivity index (χ2v) is 4.69. The lowest BCUT2D eigenvalue weighted by Crippen LogP contribution is -2.38. The summed E-state index contributed by atoms with van der Waals surface area (Å²) in [6.07, 6.45) is 3.26. The van der Waals surface area contributed by atoms with E-state index in [9.17, 15) is 9.59 Å². The van der Waals surface area contributed by atoms with Gasteiger partial charge >= 0.3 is 5.97 Å². The monoisotopic (exact) mass is 250 g/mol. The highest BCUT2D eigenvalue weighted by atomic mass is 16.4. The van der Waals surface area contributed by atoms with E-state index < -0.39 is 5.97 Å². The number of carbonyl (C=O) groups excluding carboxylic acids is 1. The molecule has 1 amide bonds. The van der Waals surface area contributed by atoms with Crippen LogP contribution in [0.1, 0.15) is 35.4 Å². The molecule has 2 rings (SSSR count). The van der Waals surface area contributed by atoms with Gasteiger partial charge in [0.05, 0.1) is 0 Å². The molecule has 18 heavy (non-hydrogen) atoms. The van der Waals surface area contributed by atoms with Crippen LogP contribution in [-0.2, 0) is 11.3 Å². The van der Waals surface area contributed by atoms with E-state index in [1.165, 1.54) is 6.42 Å². The third-order valence-corrected chi connectivity index (χ3v) is 3.42. The van der Waals surface area contributed by atoms with Crippen molar-refractivity contribution >= 4 is 11.9 Å². The first-order chi connectivity index (χ1) is 8.59. The van der Waals surface area contributed by atoms with Crippen molar-refractivity contribution in [1.29, 1.82) is 0 Å². The van der Waals surface area contributed by atoms with E-state index in [0.29, 0.717) is 0 Å². The Morgan fingerprint density at radius 2 is 1.89 bits per heavy atom. The number of nitrogens with zero attached hydrogens (tertiary/aromatic N) is 2. The summed E-state index contributed by atoms with van der Waals surface area (Å²) in [6.45, 7) is 3.53. The maximum atomic E-state index is 12.1. The molecule has 1 aromatic rings. The molecule has 5 heteroatoms. The number of carbonyl (C=O) groups is 2. The first-order valence-electron chi connectivity index (χ1n) is 6.27. The maximum Gasteiger partial charge on any atom is 0.352 e. The minimum Gasteiger partial charge on any atom is -0.477 e. The average molecular weight is 250 g/mol. The van der Waals surface area contributed by atoms with Crippen LogP contribution in [-0.4, -0.2) is 39.5 Å². The molecule has 0 aliphatic carbocycles. The van der Waals surface area contributed by atoms with Crippen LogP contribution in [0.5, 0.6) is 0 Å². The highest BCUT2D eigenvalue weighted by Crippen LogP contribution is 2.12. The van der Waals surface area contributed by atoms with E-state index in [1.54, 1.807) is 16.7 Å². The van der Waals surface area contributed by atoms with Gasteiger partial charge in [0.1, 0.15) is 12.2 Å². The Kier molecular flexibility index (Phi) is 3.69. The molecular weight excluding hydrogens is 232 g/mol. The zero-order valence-electron chi connectivity index (χ0n) is 10.6. The van der Waals surface area contributed by atoms with Crippen molar-refractivity contribution in [3.05, 3.63) is 23.5 Å². The van der Waals surface area contributed by atoms with E-state index in [1.807, 2.05) is 11.8 Å². The second-order valence-electron chi connectivity index (χ2n) is 4.69. The number of likely N-dealkylation sites (tertiary alicyclic amines) is 1. The molecule has 0 saturated carbocycles. The first-order valence-corrected chi connectivity index (χ1v) is 6.27. The molecule has 1 fully saturated rings. The third-order valence-electron chi connectivity index (χ3n) is 3.42. The van der Waals surface area contributed by atoms with Gasteiger partial charge in [-0.25, -0.2) is 4.79 Å². The SMILES string of the molecule is Cc1ccc(C(=O)O)n1CC(=O)N1CCCCC1. The Labute approximate surface area is 106 Å². The minimum absolute atomic E-state index is 0.0106. The van der Waals surface area contributed by atoms with E-state index in [0.717, 1.165) is 31.6 Å². The Balaban J connectivity index is 2.10. The summed E-state index contributed by atoms with van der Waals surface area (Å²) >= 11 is 0. The molecular formula is C13H18N2O3. The number of aromatic nitrogens is 1. The van der Waals surface area contributed by atoms with Gasteiger partial charge in [0.2, 0.25) is 5.91 Å². The third kappa shape index (κ3) is 2.55. The van der Waals surface area contributed by atoms with Gasteiger partial charge in [-0.15, -0.1) is 0 Å². The number of aromatic carboxylic acids is 1. The number of hydrogen-bond donors (Lipinski definition) is 1. The fourth-order valence-electron chi connectivity index (χ4n) is 2.34. The van der Waals surface area contributed by atoms with Gasteiger partial charge in [0.25, 0.3) is 0 Å². The molecule has 1 saturated heterocycles. The number of piperidine rings is 1. The lowest BCUT2D eigenvalue weighted by Gasteiger charge is -2.27. The van der Waals surface area contributed by atoms with Gasteiger partial charge in [-0.1, -0.05) is 0 Å². The summed E-state index contributed by atoms with van der Waals surface area (Å²) in [5.74, 6) is -0.981. The number of carboxylic acid groups (broad SMARTS) is 1. The maximum absolute atomic E-state index is 12.1. The highest BCUT2D eigenvalue weighted by molar-refractivity contribution is 5.87. The number of aryl methyl sites for hydroxylation is 1. The van der Waals surface area contributed by atoms with Crippen molar-refractivity contribution in [2.75, 3.05) is 13.1 Å². The van der Waals surface area contributed by atoms with Gasteiger partial charge in [0.15, 0.2) is 0 Å². The average Bonchev–Trinajstić information content (AvgIpc) is 2.72. The fraction of sp³-hybridized carbons (Fsp3) is 0.538. The molecule has 1 aliphatic heterocycles. The standard InChI is InChI=1S/C13H18N2O3/c1-10-5-6-11(13(17)18)15(10)9-12(16)14-7-3-2-4-8-14/h5-6H,2-4,7-9H2,1H3,(H,17,18). The number of carboxylic acids is 1. The van der Waals surface area contributed by atoms with Crippen molar-refractivity contribution in [3.8, 4) is 0 Å². The molecule has 1 aromatic heterocycles. The van der Waals surface area contributed by atoms with Gasteiger partial charge in [-0.05, 0) is 38.3 Å². The lowest BCUT2D eigenvalue weighted by atomic mass is 10.1. The van der Waals surface area contributed by atoms with Crippen LogP contribution in [0, 0.1) is 6.92 Å². The molecule has 98 valence electrons.